The third-order valence-electron chi connectivity index (χ3n) is 5.63. The first-order valence-corrected chi connectivity index (χ1v) is 8.31. The Morgan fingerprint density at radius 2 is 1.76 bits per heavy atom. The van der Waals surface area contributed by atoms with Crippen molar-refractivity contribution in [2.24, 2.45) is 11.1 Å². The van der Waals surface area contributed by atoms with Gasteiger partial charge in [0.2, 0.25) is 0 Å². The van der Waals surface area contributed by atoms with Crippen LogP contribution >= 0.6 is 0 Å². The molecule has 2 aliphatic rings. The molecule has 1 spiro atoms. The summed E-state index contributed by atoms with van der Waals surface area (Å²) in [5.74, 6) is -0.143. The number of aryl methyl sites for hydroxylation is 1. The summed E-state index contributed by atoms with van der Waals surface area (Å²) in [5.41, 5.74) is 9.49. The zero-order valence-corrected chi connectivity index (χ0v) is 13.3. The van der Waals surface area contributed by atoms with Crippen LogP contribution in [-0.2, 0) is 0 Å². The molecule has 21 heavy (non-hydrogen) atoms. The van der Waals surface area contributed by atoms with Crippen LogP contribution in [0.4, 0.5) is 10.1 Å². The maximum Gasteiger partial charge on any atom is 0.126 e. The van der Waals surface area contributed by atoms with E-state index in [0.29, 0.717) is 5.41 Å². The molecule has 3 rings (SSSR count). The van der Waals surface area contributed by atoms with Crippen molar-refractivity contribution < 1.29 is 4.39 Å². The van der Waals surface area contributed by atoms with Crippen LogP contribution in [-0.4, -0.2) is 13.1 Å². The van der Waals surface area contributed by atoms with E-state index in [-0.39, 0.29) is 11.9 Å². The van der Waals surface area contributed by atoms with Crippen LogP contribution in [0.1, 0.15) is 62.6 Å². The number of rotatable bonds is 2. The normalized spacial score (nSPS) is 22.8. The van der Waals surface area contributed by atoms with Crippen molar-refractivity contribution in [1.82, 2.24) is 0 Å². The number of hydrogen-bond donors (Lipinski definition) is 1. The molecule has 1 aliphatic carbocycles. The number of hydrogen-bond acceptors (Lipinski definition) is 2. The van der Waals surface area contributed by atoms with Gasteiger partial charge in [0.15, 0.2) is 0 Å². The third kappa shape index (κ3) is 2.80. The van der Waals surface area contributed by atoms with Crippen LogP contribution in [0.25, 0.3) is 0 Å². The minimum atomic E-state index is -0.143. The Hall–Kier alpha value is -1.09. The lowest BCUT2D eigenvalue weighted by atomic mass is 9.77. The summed E-state index contributed by atoms with van der Waals surface area (Å²) in [6.07, 6.45) is 8.18. The van der Waals surface area contributed by atoms with Crippen LogP contribution in [0.2, 0.25) is 0 Å². The Kier molecular flexibility index (Phi) is 3.96. The second kappa shape index (κ2) is 5.60. The molecule has 0 amide bonds. The first-order valence-electron chi connectivity index (χ1n) is 8.31. The van der Waals surface area contributed by atoms with Crippen molar-refractivity contribution in [1.29, 1.82) is 0 Å². The fourth-order valence-electron chi connectivity index (χ4n) is 4.17. The van der Waals surface area contributed by atoms with Gasteiger partial charge in [-0.05, 0) is 68.2 Å². The highest BCUT2D eigenvalue weighted by atomic mass is 19.1. The van der Waals surface area contributed by atoms with Gasteiger partial charge >= 0.3 is 0 Å². The van der Waals surface area contributed by atoms with Gasteiger partial charge in [-0.3, -0.25) is 0 Å². The first-order chi connectivity index (χ1) is 10.0. The number of nitrogens with two attached hydrogens (primary N) is 1. The van der Waals surface area contributed by atoms with Crippen LogP contribution in [0.5, 0.6) is 0 Å². The maximum absolute atomic E-state index is 13.9. The van der Waals surface area contributed by atoms with E-state index in [1.165, 1.54) is 38.5 Å². The van der Waals surface area contributed by atoms with Gasteiger partial charge in [-0.2, -0.15) is 0 Å². The van der Waals surface area contributed by atoms with E-state index >= 15 is 0 Å². The highest BCUT2D eigenvalue weighted by molar-refractivity contribution is 5.57. The summed E-state index contributed by atoms with van der Waals surface area (Å²) in [6.45, 7) is 5.96. The van der Waals surface area contributed by atoms with E-state index in [4.69, 9.17) is 5.73 Å². The molecular weight excluding hydrogens is 263 g/mol. The minimum Gasteiger partial charge on any atom is -0.371 e. The van der Waals surface area contributed by atoms with Crippen LogP contribution < -0.4 is 10.6 Å². The van der Waals surface area contributed by atoms with Crippen LogP contribution in [0, 0.1) is 18.2 Å². The van der Waals surface area contributed by atoms with Gasteiger partial charge in [-0.25, -0.2) is 4.39 Å². The zero-order chi connectivity index (χ0) is 15.0. The van der Waals surface area contributed by atoms with Crippen molar-refractivity contribution in [3.8, 4) is 0 Å². The van der Waals surface area contributed by atoms with Crippen molar-refractivity contribution in [2.75, 3.05) is 18.0 Å². The molecule has 0 unspecified atom stereocenters. The van der Waals surface area contributed by atoms with E-state index in [2.05, 4.69) is 4.90 Å². The van der Waals surface area contributed by atoms with Crippen molar-refractivity contribution >= 4 is 5.69 Å². The molecule has 0 radical (unpaired) electrons. The summed E-state index contributed by atoms with van der Waals surface area (Å²) in [7, 11) is 0. The monoisotopic (exact) mass is 290 g/mol. The highest BCUT2D eigenvalue weighted by Crippen LogP contribution is 2.47. The molecule has 2 nitrogen and oxygen atoms in total. The quantitative estimate of drug-likeness (QED) is 0.879. The lowest BCUT2D eigenvalue weighted by Gasteiger charge is -2.41. The van der Waals surface area contributed by atoms with E-state index in [1.807, 2.05) is 19.9 Å². The van der Waals surface area contributed by atoms with Gasteiger partial charge in [0.25, 0.3) is 0 Å². The van der Waals surface area contributed by atoms with E-state index in [0.717, 1.165) is 29.9 Å². The van der Waals surface area contributed by atoms with Gasteiger partial charge in [-0.15, -0.1) is 0 Å². The van der Waals surface area contributed by atoms with E-state index in [1.54, 1.807) is 6.07 Å². The summed E-state index contributed by atoms with van der Waals surface area (Å²) < 4.78 is 13.9. The Bertz CT molecular complexity index is 508. The lowest BCUT2D eigenvalue weighted by Crippen LogP contribution is -2.39. The molecule has 0 bridgehead atoms. The predicted octanol–water partition coefficient (Wildman–Crippen LogP) is 4.31. The Labute approximate surface area is 127 Å². The average molecular weight is 290 g/mol. The van der Waals surface area contributed by atoms with Gasteiger partial charge in [0, 0.05) is 24.8 Å². The molecule has 1 heterocycles. The number of anilines is 1. The molecule has 1 atom stereocenters. The minimum absolute atomic E-state index is 0.127. The van der Waals surface area contributed by atoms with Crippen molar-refractivity contribution in [2.45, 2.75) is 58.4 Å². The fourth-order valence-corrected chi connectivity index (χ4v) is 4.17. The molecule has 1 saturated carbocycles. The summed E-state index contributed by atoms with van der Waals surface area (Å²) >= 11 is 0. The summed E-state index contributed by atoms with van der Waals surface area (Å²) in [4.78, 5) is 2.43. The number of halogens is 1. The Balaban J connectivity index is 1.83. The Morgan fingerprint density at radius 3 is 2.33 bits per heavy atom. The second-order valence-electron chi connectivity index (χ2n) is 7.14. The van der Waals surface area contributed by atoms with Gasteiger partial charge in [0.05, 0.1) is 0 Å². The molecule has 1 aliphatic heterocycles. The average Bonchev–Trinajstić information content (AvgIpc) is 2.90. The number of benzene rings is 1. The largest absolute Gasteiger partial charge is 0.371 e. The van der Waals surface area contributed by atoms with Gasteiger partial charge in [-0.1, -0.05) is 12.8 Å². The van der Waals surface area contributed by atoms with E-state index < -0.39 is 0 Å². The molecule has 3 heteroatoms. The molecule has 0 aromatic heterocycles. The lowest BCUT2D eigenvalue weighted by molar-refractivity contribution is 0.226. The standard InChI is InChI=1S/C18H27FN2/c1-13-11-17(15(14(2)20)12-16(13)19)21-9-7-18(8-10-21)5-3-4-6-18/h11-12,14H,3-10,20H2,1-2H3/t14-/m1/s1. The van der Waals surface area contributed by atoms with Gasteiger partial charge in [0.1, 0.15) is 5.82 Å². The third-order valence-corrected chi connectivity index (χ3v) is 5.63. The summed E-state index contributed by atoms with van der Waals surface area (Å²) in [5, 5.41) is 0. The SMILES string of the molecule is Cc1cc(N2CCC3(CCCC3)CC2)c([C@@H](C)N)cc1F. The van der Waals surface area contributed by atoms with Crippen molar-refractivity contribution in [3.05, 3.63) is 29.1 Å². The smallest absolute Gasteiger partial charge is 0.126 e. The molecule has 116 valence electrons. The first kappa shape index (κ1) is 14.8. The zero-order valence-electron chi connectivity index (χ0n) is 13.3. The number of piperidine rings is 1. The molecular formula is C18H27FN2. The van der Waals surface area contributed by atoms with Crippen LogP contribution in [0.15, 0.2) is 12.1 Å². The highest BCUT2D eigenvalue weighted by Gasteiger charge is 2.37. The topological polar surface area (TPSA) is 29.3 Å². The second-order valence-corrected chi connectivity index (χ2v) is 7.14. The summed E-state index contributed by atoms with van der Waals surface area (Å²) in [6, 6.07) is 3.49. The number of nitrogens with zero attached hydrogens (tertiary/aromatic N) is 1. The van der Waals surface area contributed by atoms with Crippen LogP contribution in [0.3, 0.4) is 0 Å². The predicted molar refractivity (Wildman–Crippen MR) is 86.1 cm³/mol. The van der Waals surface area contributed by atoms with Crippen molar-refractivity contribution in [3.63, 3.8) is 0 Å². The molecule has 1 aromatic carbocycles. The van der Waals surface area contributed by atoms with Gasteiger partial charge < -0.3 is 10.6 Å². The molecule has 1 aromatic rings. The maximum atomic E-state index is 13.9. The van der Waals surface area contributed by atoms with E-state index in [9.17, 15) is 4.39 Å². The molecule has 2 N–H and O–H groups in total. The fraction of sp³-hybridized carbons (Fsp3) is 0.667. The molecule has 1 saturated heterocycles. The Morgan fingerprint density at radius 1 is 1.14 bits per heavy atom. The molecule has 2 fully saturated rings.